The first-order valence-corrected chi connectivity index (χ1v) is 6.34. The topological polar surface area (TPSA) is 64.7 Å². The SMILES string of the molecule is Cc1cc(C)n(CCCNc2nccn(C)c2=O)n1. The number of anilines is 1. The summed E-state index contributed by atoms with van der Waals surface area (Å²) in [5.41, 5.74) is 2.09. The minimum absolute atomic E-state index is 0.103. The predicted molar refractivity (Wildman–Crippen MR) is 74.3 cm³/mol. The second-order valence-electron chi connectivity index (χ2n) is 4.62. The van der Waals surface area contributed by atoms with E-state index >= 15 is 0 Å². The monoisotopic (exact) mass is 261 g/mol. The predicted octanol–water partition coefficient (Wildman–Crippen LogP) is 1.10. The van der Waals surface area contributed by atoms with Gasteiger partial charge in [-0.25, -0.2) is 4.98 Å². The Hall–Kier alpha value is -2.11. The van der Waals surface area contributed by atoms with Gasteiger partial charge in [-0.05, 0) is 26.3 Å². The van der Waals surface area contributed by atoms with Crippen LogP contribution in [0.15, 0.2) is 23.3 Å². The summed E-state index contributed by atoms with van der Waals surface area (Å²) in [6.45, 7) is 5.56. The number of nitrogens with zero attached hydrogens (tertiary/aromatic N) is 4. The Bertz CT molecular complexity index is 614. The van der Waals surface area contributed by atoms with Crippen LogP contribution in [-0.2, 0) is 13.6 Å². The van der Waals surface area contributed by atoms with E-state index in [1.54, 1.807) is 19.4 Å². The molecule has 2 aromatic rings. The quantitative estimate of drug-likeness (QED) is 0.818. The normalized spacial score (nSPS) is 10.7. The Morgan fingerprint density at radius 3 is 2.84 bits per heavy atom. The van der Waals surface area contributed by atoms with E-state index in [0.717, 1.165) is 24.4 Å². The molecule has 0 aliphatic heterocycles. The lowest BCUT2D eigenvalue weighted by molar-refractivity contribution is 0.573. The molecule has 0 bridgehead atoms. The van der Waals surface area contributed by atoms with Crippen molar-refractivity contribution in [2.45, 2.75) is 26.8 Å². The van der Waals surface area contributed by atoms with E-state index in [-0.39, 0.29) is 5.56 Å². The van der Waals surface area contributed by atoms with Crippen LogP contribution in [0.4, 0.5) is 5.82 Å². The first kappa shape index (κ1) is 13.3. The van der Waals surface area contributed by atoms with Crippen LogP contribution in [-0.4, -0.2) is 25.9 Å². The Labute approximate surface area is 112 Å². The minimum Gasteiger partial charge on any atom is -0.365 e. The van der Waals surface area contributed by atoms with Crippen LogP contribution in [0.2, 0.25) is 0 Å². The summed E-state index contributed by atoms with van der Waals surface area (Å²) >= 11 is 0. The van der Waals surface area contributed by atoms with Gasteiger partial charge in [0.1, 0.15) is 0 Å². The molecular formula is C13H19N5O. The van der Waals surface area contributed by atoms with E-state index in [1.165, 1.54) is 4.57 Å². The summed E-state index contributed by atoms with van der Waals surface area (Å²) in [7, 11) is 1.71. The summed E-state index contributed by atoms with van der Waals surface area (Å²) < 4.78 is 3.49. The maximum absolute atomic E-state index is 11.7. The second-order valence-corrected chi connectivity index (χ2v) is 4.62. The first-order valence-electron chi connectivity index (χ1n) is 6.34. The summed E-state index contributed by atoms with van der Waals surface area (Å²) in [5.74, 6) is 0.401. The van der Waals surface area contributed by atoms with Crippen molar-refractivity contribution in [2.75, 3.05) is 11.9 Å². The first-order chi connectivity index (χ1) is 9.08. The van der Waals surface area contributed by atoms with Gasteiger partial charge in [0.25, 0.3) is 5.56 Å². The molecule has 0 fully saturated rings. The zero-order valence-electron chi connectivity index (χ0n) is 11.6. The van der Waals surface area contributed by atoms with Gasteiger partial charge in [0.2, 0.25) is 0 Å². The van der Waals surface area contributed by atoms with Crippen molar-refractivity contribution < 1.29 is 0 Å². The number of rotatable bonds is 5. The molecule has 2 aromatic heterocycles. The van der Waals surface area contributed by atoms with E-state index in [0.29, 0.717) is 12.4 Å². The number of nitrogens with one attached hydrogen (secondary N) is 1. The lowest BCUT2D eigenvalue weighted by Crippen LogP contribution is -2.22. The maximum Gasteiger partial charge on any atom is 0.293 e. The molecule has 0 aliphatic rings. The third kappa shape index (κ3) is 3.21. The molecule has 19 heavy (non-hydrogen) atoms. The Morgan fingerprint density at radius 2 is 2.16 bits per heavy atom. The number of hydrogen-bond acceptors (Lipinski definition) is 4. The van der Waals surface area contributed by atoms with Crippen LogP contribution in [0, 0.1) is 13.8 Å². The molecule has 6 nitrogen and oxygen atoms in total. The molecule has 0 aliphatic carbocycles. The fraction of sp³-hybridized carbons (Fsp3) is 0.462. The molecule has 0 radical (unpaired) electrons. The van der Waals surface area contributed by atoms with E-state index in [4.69, 9.17) is 0 Å². The van der Waals surface area contributed by atoms with Crippen LogP contribution >= 0.6 is 0 Å². The fourth-order valence-electron chi connectivity index (χ4n) is 1.96. The molecule has 102 valence electrons. The van der Waals surface area contributed by atoms with Crippen molar-refractivity contribution >= 4 is 5.82 Å². The lowest BCUT2D eigenvalue weighted by atomic mass is 10.4. The highest BCUT2D eigenvalue weighted by Crippen LogP contribution is 2.02. The second kappa shape index (κ2) is 5.69. The van der Waals surface area contributed by atoms with Crippen molar-refractivity contribution in [3.63, 3.8) is 0 Å². The van der Waals surface area contributed by atoms with E-state index in [9.17, 15) is 4.79 Å². The highest BCUT2D eigenvalue weighted by molar-refractivity contribution is 5.30. The largest absolute Gasteiger partial charge is 0.365 e. The molecule has 0 amide bonds. The van der Waals surface area contributed by atoms with Crippen LogP contribution in [0.3, 0.4) is 0 Å². The average molecular weight is 261 g/mol. The van der Waals surface area contributed by atoms with Crippen molar-refractivity contribution in [3.8, 4) is 0 Å². The van der Waals surface area contributed by atoms with Gasteiger partial charge in [0.15, 0.2) is 5.82 Å². The number of aryl methyl sites for hydroxylation is 4. The Morgan fingerprint density at radius 1 is 1.37 bits per heavy atom. The van der Waals surface area contributed by atoms with Gasteiger partial charge < -0.3 is 9.88 Å². The van der Waals surface area contributed by atoms with Crippen molar-refractivity contribution in [1.29, 1.82) is 0 Å². The zero-order chi connectivity index (χ0) is 13.8. The molecule has 0 atom stereocenters. The lowest BCUT2D eigenvalue weighted by Gasteiger charge is -2.07. The van der Waals surface area contributed by atoms with Gasteiger partial charge in [-0.15, -0.1) is 0 Å². The summed E-state index contributed by atoms with van der Waals surface area (Å²) in [6.07, 6.45) is 4.15. The van der Waals surface area contributed by atoms with Crippen molar-refractivity contribution in [3.05, 3.63) is 40.2 Å². The van der Waals surface area contributed by atoms with E-state index in [2.05, 4.69) is 21.5 Å². The van der Waals surface area contributed by atoms with Crippen molar-refractivity contribution in [2.24, 2.45) is 7.05 Å². The molecule has 0 unspecified atom stereocenters. The third-order valence-corrected chi connectivity index (χ3v) is 2.96. The molecule has 0 aromatic carbocycles. The molecule has 0 saturated heterocycles. The molecule has 0 spiro atoms. The summed E-state index contributed by atoms with van der Waals surface area (Å²) in [5, 5.41) is 7.46. The molecule has 2 heterocycles. The fourth-order valence-corrected chi connectivity index (χ4v) is 1.96. The molecule has 6 heteroatoms. The van der Waals surface area contributed by atoms with Gasteiger partial charge in [-0.2, -0.15) is 5.10 Å². The van der Waals surface area contributed by atoms with E-state index < -0.39 is 0 Å². The molecule has 0 saturated carbocycles. The van der Waals surface area contributed by atoms with Crippen LogP contribution in [0.25, 0.3) is 0 Å². The number of hydrogen-bond donors (Lipinski definition) is 1. The van der Waals surface area contributed by atoms with Crippen LogP contribution < -0.4 is 10.9 Å². The third-order valence-electron chi connectivity index (χ3n) is 2.96. The Balaban J connectivity index is 1.86. The van der Waals surface area contributed by atoms with Gasteiger partial charge in [0, 0.05) is 38.2 Å². The smallest absolute Gasteiger partial charge is 0.293 e. The molecular weight excluding hydrogens is 242 g/mol. The standard InChI is InChI=1S/C13H19N5O/c1-10-9-11(2)18(16-10)7-4-5-14-12-13(19)17(3)8-6-15-12/h6,8-9H,4-5,7H2,1-3H3,(H,14,15). The highest BCUT2D eigenvalue weighted by Gasteiger charge is 2.02. The number of aromatic nitrogens is 4. The average Bonchev–Trinajstić information content (AvgIpc) is 2.68. The Kier molecular flexibility index (Phi) is 3.99. The van der Waals surface area contributed by atoms with Gasteiger partial charge in [-0.3, -0.25) is 9.48 Å². The van der Waals surface area contributed by atoms with Gasteiger partial charge >= 0.3 is 0 Å². The van der Waals surface area contributed by atoms with Crippen LogP contribution in [0.1, 0.15) is 17.8 Å². The van der Waals surface area contributed by atoms with Crippen molar-refractivity contribution in [1.82, 2.24) is 19.3 Å². The van der Waals surface area contributed by atoms with Gasteiger partial charge in [-0.1, -0.05) is 0 Å². The highest BCUT2D eigenvalue weighted by atomic mass is 16.1. The maximum atomic E-state index is 11.7. The molecule has 1 N–H and O–H groups in total. The summed E-state index contributed by atoms with van der Waals surface area (Å²) in [6, 6.07) is 2.06. The molecule has 2 rings (SSSR count). The minimum atomic E-state index is -0.103. The zero-order valence-corrected chi connectivity index (χ0v) is 11.6. The van der Waals surface area contributed by atoms with E-state index in [1.807, 2.05) is 18.5 Å². The summed E-state index contributed by atoms with van der Waals surface area (Å²) in [4.78, 5) is 15.7. The van der Waals surface area contributed by atoms with Crippen LogP contribution in [0.5, 0.6) is 0 Å². The van der Waals surface area contributed by atoms with Gasteiger partial charge in [0.05, 0.1) is 5.69 Å².